The SMILES string of the molecule is CSCCCCCO[C@@H]1OC(CO)[C@H](O)[C@H](O)C1NC(C)=O. The van der Waals surface area contributed by atoms with Gasteiger partial charge in [-0.2, -0.15) is 11.8 Å². The second-order valence-corrected chi connectivity index (χ2v) is 6.34. The predicted octanol–water partition coefficient (Wildman–Crippen LogP) is -0.520. The largest absolute Gasteiger partial charge is 0.394 e. The fourth-order valence-electron chi connectivity index (χ4n) is 2.34. The van der Waals surface area contributed by atoms with Gasteiger partial charge in [0.05, 0.1) is 6.61 Å². The number of nitrogens with one attached hydrogen (secondary N) is 1. The number of carbonyl (C=O) groups excluding carboxylic acids is 1. The monoisotopic (exact) mass is 337 g/mol. The van der Waals surface area contributed by atoms with E-state index in [1.165, 1.54) is 6.92 Å². The van der Waals surface area contributed by atoms with Gasteiger partial charge in [0.15, 0.2) is 6.29 Å². The van der Waals surface area contributed by atoms with E-state index in [1.807, 2.05) is 0 Å². The van der Waals surface area contributed by atoms with Crippen molar-refractivity contribution in [1.29, 1.82) is 0 Å². The van der Waals surface area contributed by atoms with Crippen molar-refractivity contribution in [3.8, 4) is 0 Å². The maximum atomic E-state index is 11.2. The number of amides is 1. The Morgan fingerprint density at radius 3 is 2.59 bits per heavy atom. The van der Waals surface area contributed by atoms with Crippen molar-refractivity contribution in [3.63, 3.8) is 0 Å². The molecule has 0 aliphatic carbocycles. The van der Waals surface area contributed by atoms with Gasteiger partial charge in [-0.1, -0.05) is 6.42 Å². The summed E-state index contributed by atoms with van der Waals surface area (Å²) in [6, 6.07) is -0.860. The van der Waals surface area contributed by atoms with Gasteiger partial charge in [-0.3, -0.25) is 4.79 Å². The summed E-state index contributed by atoms with van der Waals surface area (Å²) in [5.74, 6) is 0.752. The van der Waals surface area contributed by atoms with Crippen LogP contribution >= 0.6 is 11.8 Å². The molecule has 1 heterocycles. The van der Waals surface area contributed by atoms with E-state index in [1.54, 1.807) is 11.8 Å². The highest BCUT2D eigenvalue weighted by Gasteiger charge is 2.45. The molecule has 7 nitrogen and oxygen atoms in total. The van der Waals surface area contributed by atoms with E-state index >= 15 is 0 Å². The van der Waals surface area contributed by atoms with Crippen LogP contribution in [-0.2, 0) is 14.3 Å². The van der Waals surface area contributed by atoms with Gasteiger partial charge in [0.1, 0.15) is 24.4 Å². The minimum Gasteiger partial charge on any atom is -0.394 e. The van der Waals surface area contributed by atoms with Crippen LogP contribution in [0.15, 0.2) is 0 Å². The summed E-state index contributed by atoms with van der Waals surface area (Å²) in [7, 11) is 0. The molecule has 1 aliphatic rings. The fourth-order valence-corrected chi connectivity index (χ4v) is 2.83. The maximum Gasteiger partial charge on any atom is 0.217 e. The molecule has 1 amide bonds. The highest BCUT2D eigenvalue weighted by Crippen LogP contribution is 2.22. The van der Waals surface area contributed by atoms with Gasteiger partial charge < -0.3 is 30.1 Å². The van der Waals surface area contributed by atoms with Crippen molar-refractivity contribution in [3.05, 3.63) is 0 Å². The third kappa shape index (κ3) is 6.02. The average molecular weight is 337 g/mol. The number of hydrogen-bond acceptors (Lipinski definition) is 7. The number of ether oxygens (including phenoxy) is 2. The van der Waals surface area contributed by atoms with Crippen molar-refractivity contribution < 1.29 is 29.6 Å². The van der Waals surface area contributed by atoms with Crippen molar-refractivity contribution in [2.45, 2.75) is 56.8 Å². The first-order valence-corrected chi connectivity index (χ1v) is 8.90. The maximum absolute atomic E-state index is 11.2. The normalized spacial score (nSPS) is 32.0. The quantitative estimate of drug-likeness (QED) is 0.419. The molecule has 0 radical (unpaired) electrons. The van der Waals surface area contributed by atoms with Gasteiger partial charge in [0.25, 0.3) is 0 Å². The van der Waals surface area contributed by atoms with Gasteiger partial charge in [0, 0.05) is 13.5 Å². The van der Waals surface area contributed by atoms with Crippen molar-refractivity contribution in [2.24, 2.45) is 0 Å². The Morgan fingerprint density at radius 2 is 2.00 bits per heavy atom. The minimum absolute atomic E-state index is 0.351. The van der Waals surface area contributed by atoms with E-state index in [0.29, 0.717) is 6.61 Å². The first-order valence-electron chi connectivity index (χ1n) is 7.51. The number of aliphatic hydroxyl groups excluding tert-OH is 3. The third-order valence-electron chi connectivity index (χ3n) is 3.53. The first kappa shape index (κ1) is 19.7. The van der Waals surface area contributed by atoms with E-state index in [2.05, 4.69) is 11.6 Å². The third-order valence-corrected chi connectivity index (χ3v) is 4.22. The van der Waals surface area contributed by atoms with Gasteiger partial charge in [-0.05, 0) is 24.9 Å². The summed E-state index contributed by atoms with van der Waals surface area (Å²) in [5, 5.41) is 31.7. The van der Waals surface area contributed by atoms with Crippen LogP contribution in [0.2, 0.25) is 0 Å². The van der Waals surface area contributed by atoms with Crippen LogP contribution in [0.1, 0.15) is 26.2 Å². The number of unbranched alkanes of at least 4 members (excludes halogenated alkanes) is 2. The molecule has 0 spiro atoms. The lowest BCUT2D eigenvalue weighted by Crippen LogP contribution is -2.64. The summed E-state index contributed by atoms with van der Waals surface area (Å²) < 4.78 is 11.1. The molecule has 130 valence electrons. The molecule has 1 rings (SSSR count). The molecule has 0 bridgehead atoms. The molecule has 0 aromatic carbocycles. The Kier molecular flexibility index (Phi) is 9.30. The second-order valence-electron chi connectivity index (χ2n) is 5.36. The molecular weight excluding hydrogens is 310 g/mol. The van der Waals surface area contributed by atoms with Crippen LogP contribution in [0.3, 0.4) is 0 Å². The average Bonchev–Trinajstić information content (AvgIpc) is 2.49. The van der Waals surface area contributed by atoms with Crippen LogP contribution in [0, 0.1) is 0 Å². The summed E-state index contributed by atoms with van der Waals surface area (Å²) in [4.78, 5) is 11.2. The highest BCUT2D eigenvalue weighted by atomic mass is 32.2. The summed E-state index contributed by atoms with van der Waals surface area (Å²) in [6.45, 7) is 1.31. The summed E-state index contributed by atoms with van der Waals surface area (Å²) in [5.41, 5.74) is 0. The lowest BCUT2D eigenvalue weighted by atomic mass is 9.97. The zero-order chi connectivity index (χ0) is 16.5. The fraction of sp³-hybridized carbons (Fsp3) is 0.929. The van der Waals surface area contributed by atoms with Crippen LogP contribution in [0.4, 0.5) is 0 Å². The van der Waals surface area contributed by atoms with Crippen LogP contribution in [-0.4, -0.2) is 77.1 Å². The van der Waals surface area contributed by atoms with Gasteiger partial charge in [-0.25, -0.2) is 0 Å². The Hall–Kier alpha value is -0.380. The van der Waals surface area contributed by atoms with Gasteiger partial charge >= 0.3 is 0 Å². The van der Waals surface area contributed by atoms with Gasteiger partial charge in [0.2, 0.25) is 5.91 Å². The van der Waals surface area contributed by atoms with Crippen molar-refractivity contribution in [1.82, 2.24) is 5.32 Å². The van der Waals surface area contributed by atoms with Crippen molar-refractivity contribution >= 4 is 17.7 Å². The molecule has 5 atom stereocenters. The molecule has 1 aliphatic heterocycles. The van der Waals surface area contributed by atoms with Gasteiger partial charge in [-0.15, -0.1) is 0 Å². The molecule has 4 N–H and O–H groups in total. The molecule has 0 aromatic rings. The molecule has 8 heteroatoms. The Balaban J connectivity index is 2.52. The topological polar surface area (TPSA) is 108 Å². The molecular formula is C14H27NO6S. The molecule has 0 aromatic heterocycles. The zero-order valence-electron chi connectivity index (χ0n) is 13.1. The Bertz CT molecular complexity index is 332. The van der Waals surface area contributed by atoms with E-state index in [-0.39, 0.29) is 5.91 Å². The van der Waals surface area contributed by atoms with Crippen LogP contribution < -0.4 is 5.32 Å². The summed E-state index contributed by atoms with van der Waals surface area (Å²) in [6.07, 6.45) is 0.682. The predicted molar refractivity (Wildman–Crippen MR) is 83.6 cm³/mol. The van der Waals surface area contributed by atoms with E-state index in [0.717, 1.165) is 25.0 Å². The lowest BCUT2D eigenvalue weighted by molar-refractivity contribution is -0.270. The number of hydrogen-bond donors (Lipinski definition) is 4. The second kappa shape index (κ2) is 10.4. The van der Waals surface area contributed by atoms with E-state index in [4.69, 9.17) is 9.47 Å². The van der Waals surface area contributed by atoms with Crippen molar-refractivity contribution in [2.75, 3.05) is 25.2 Å². The smallest absolute Gasteiger partial charge is 0.217 e. The number of rotatable bonds is 9. The molecule has 2 unspecified atom stereocenters. The van der Waals surface area contributed by atoms with E-state index < -0.39 is 37.3 Å². The minimum atomic E-state index is -1.27. The van der Waals surface area contributed by atoms with Crippen LogP contribution in [0.5, 0.6) is 0 Å². The molecule has 0 saturated carbocycles. The lowest BCUT2D eigenvalue weighted by Gasteiger charge is -2.42. The van der Waals surface area contributed by atoms with E-state index in [9.17, 15) is 20.1 Å². The summed E-state index contributed by atoms with van der Waals surface area (Å²) >= 11 is 1.80. The highest BCUT2D eigenvalue weighted by molar-refractivity contribution is 7.98. The standard InChI is InChI=1S/C14H27NO6S/c1-9(17)15-11-13(19)12(18)10(8-16)21-14(11)20-6-4-3-5-7-22-2/h10-14,16,18-19H,3-8H2,1-2H3,(H,15,17)/t10?,11?,12-,13+,14+/m0/s1. The molecule has 1 saturated heterocycles. The number of aliphatic hydroxyl groups is 3. The number of carbonyl (C=O) groups is 1. The Labute approximate surface area is 135 Å². The zero-order valence-corrected chi connectivity index (χ0v) is 13.9. The van der Waals surface area contributed by atoms with Crippen LogP contribution in [0.25, 0.3) is 0 Å². The Morgan fingerprint density at radius 1 is 1.27 bits per heavy atom. The molecule has 22 heavy (non-hydrogen) atoms. The molecule has 1 fully saturated rings. The first-order chi connectivity index (χ1) is 10.5. The number of thioether (sulfide) groups is 1.